The highest BCUT2D eigenvalue weighted by molar-refractivity contribution is 5.97. The molecule has 0 aliphatic carbocycles. The quantitative estimate of drug-likeness (QED) is 0.162. The van der Waals surface area contributed by atoms with Crippen LogP contribution in [0, 0.1) is 5.92 Å². The zero-order chi connectivity index (χ0) is 33.6. The molecule has 3 rings (SSSR count). The van der Waals surface area contributed by atoms with Crippen molar-refractivity contribution in [2.75, 3.05) is 19.8 Å². The molecule has 2 aromatic rings. The lowest BCUT2D eigenvalue weighted by Gasteiger charge is -2.29. The van der Waals surface area contributed by atoms with Crippen molar-refractivity contribution >= 4 is 35.4 Å². The first kappa shape index (κ1) is 35.7. The molecule has 14 nitrogen and oxygen atoms in total. The van der Waals surface area contributed by atoms with Crippen molar-refractivity contribution in [1.82, 2.24) is 31.9 Å². The molecular formula is C32H42N6O8. The molecule has 1 saturated heterocycles. The second-order valence-electron chi connectivity index (χ2n) is 11.1. The van der Waals surface area contributed by atoms with Gasteiger partial charge in [-0.25, -0.2) is 0 Å². The Kier molecular flexibility index (Phi) is 13.7. The second-order valence-corrected chi connectivity index (χ2v) is 11.1. The number of hydrogen-bond donors (Lipinski definition) is 8. The smallest absolute Gasteiger partial charge is 0.245 e. The summed E-state index contributed by atoms with van der Waals surface area (Å²) in [4.78, 5) is 79.5. The predicted molar refractivity (Wildman–Crippen MR) is 167 cm³/mol. The van der Waals surface area contributed by atoms with E-state index in [-0.39, 0.29) is 12.8 Å². The van der Waals surface area contributed by atoms with Crippen molar-refractivity contribution in [3.05, 3.63) is 71.8 Å². The first-order valence-corrected chi connectivity index (χ1v) is 15.1. The number of carbonyl (C=O) groups is 6. The van der Waals surface area contributed by atoms with Gasteiger partial charge in [0, 0.05) is 12.8 Å². The van der Waals surface area contributed by atoms with Gasteiger partial charge in [0.2, 0.25) is 35.4 Å². The van der Waals surface area contributed by atoms with E-state index in [2.05, 4.69) is 31.9 Å². The van der Waals surface area contributed by atoms with Crippen LogP contribution in [0.4, 0.5) is 0 Å². The molecule has 8 N–H and O–H groups in total. The minimum absolute atomic E-state index is 0.0146. The number of benzene rings is 2. The highest BCUT2D eigenvalue weighted by Gasteiger charge is 2.34. The molecule has 0 saturated carbocycles. The van der Waals surface area contributed by atoms with Gasteiger partial charge in [-0.3, -0.25) is 28.8 Å². The van der Waals surface area contributed by atoms with E-state index in [0.29, 0.717) is 17.5 Å². The molecule has 1 heterocycles. The Balaban J connectivity index is 2.03. The van der Waals surface area contributed by atoms with Gasteiger partial charge >= 0.3 is 0 Å². The first-order chi connectivity index (χ1) is 22.1. The standard InChI is InChI=1S/C32H42N6O8/c1-3-19(2)27-32(46)36-23(15-21-12-8-5-9-13-21)29(43)35-22(14-20-10-6-4-7-11-20)30(44)37-24(17-39)28(42)33-16-26(41)34-25(18-40)31(45)38-27/h4-13,19,22-25,27,39-40H,3,14-18H2,1-2H3,(H,33,42)(H,34,41)(H,35,43)(H,36,46)(H,37,44)(H,38,45)/t19-,22-,23+,24+,25-,27-/m0/s1. The summed E-state index contributed by atoms with van der Waals surface area (Å²) in [5, 5.41) is 34.7. The molecule has 6 amide bonds. The van der Waals surface area contributed by atoms with Crippen LogP contribution in [0.25, 0.3) is 0 Å². The maximum atomic E-state index is 13.9. The third-order valence-electron chi connectivity index (χ3n) is 7.70. The molecule has 46 heavy (non-hydrogen) atoms. The third kappa shape index (κ3) is 10.4. The van der Waals surface area contributed by atoms with E-state index < -0.39 is 91.3 Å². The monoisotopic (exact) mass is 638 g/mol. The molecule has 14 heteroatoms. The van der Waals surface area contributed by atoms with Crippen LogP contribution in [-0.2, 0) is 41.6 Å². The van der Waals surface area contributed by atoms with Crippen molar-refractivity contribution in [2.24, 2.45) is 5.92 Å². The van der Waals surface area contributed by atoms with Gasteiger partial charge in [0.25, 0.3) is 0 Å². The molecule has 1 fully saturated rings. The number of rotatable bonds is 8. The average molecular weight is 639 g/mol. The summed E-state index contributed by atoms with van der Waals surface area (Å²) in [7, 11) is 0. The first-order valence-electron chi connectivity index (χ1n) is 15.1. The SMILES string of the molecule is CC[C@H](C)[C@@H]1NC(=O)[C@H](CO)NC(=O)CNC(=O)[C@@H](CO)NC(=O)[C@H](Cc2ccccc2)NC(=O)[C@@H](Cc2ccccc2)NC1=O. The molecule has 0 aromatic heterocycles. The fourth-order valence-electron chi connectivity index (χ4n) is 4.80. The largest absolute Gasteiger partial charge is 0.394 e. The van der Waals surface area contributed by atoms with E-state index >= 15 is 0 Å². The van der Waals surface area contributed by atoms with E-state index in [4.69, 9.17) is 0 Å². The number of aliphatic hydroxyl groups excluding tert-OH is 2. The van der Waals surface area contributed by atoms with E-state index in [1.54, 1.807) is 67.6 Å². The molecule has 248 valence electrons. The molecular weight excluding hydrogens is 596 g/mol. The Morgan fingerprint density at radius 1 is 0.609 bits per heavy atom. The topological polar surface area (TPSA) is 215 Å². The minimum atomic E-state index is -1.48. The fourth-order valence-corrected chi connectivity index (χ4v) is 4.80. The van der Waals surface area contributed by atoms with Crippen molar-refractivity contribution < 1.29 is 39.0 Å². The summed E-state index contributed by atoms with van der Waals surface area (Å²) in [6, 6.07) is 11.2. The van der Waals surface area contributed by atoms with Gasteiger partial charge in [-0.2, -0.15) is 0 Å². The highest BCUT2D eigenvalue weighted by atomic mass is 16.3. The normalized spacial score (nSPS) is 24.6. The van der Waals surface area contributed by atoms with Crippen LogP contribution in [0.2, 0.25) is 0 Å². The van der Waals surface area contributed by atoms with Gasteiger partial charge in [0.05, 0.1) is 19.8 Å². The van der Waals surface area contributed by atoms with Crippen LogP contribution in [0.3, 0.4) is 0 Å². The van der Waals surface area contributed by atoms with Crippen LogP contribution in [0.1, 0.15) is 31.4 Å². The van der Waals surface area contributed by atoms with Gasteiger partial charge < -0.3 is 42.1 Å². The Bertz CT molecular complexity index is 1360. The van der Waals surface area contributed by atoms with Crippen molar-refractivity contribution in [3.8, 4) is 0 Å². The lowest BCUT2D eigenvalue weighted by Crippen LogP contribution is -2.62. The summed E-state index contributed by atoms with van der Waals surface area (Å²) >= 11 is 0. The average Bonchev–Trinajstić information content (AvgIpc) is 3.06. The maximum Gasteiger partial charge on any atom is 0.245 e. The van der Waals surface area contributed by atoms with Gasteiger partial charge in [0.15, 0.2) is 0 Å². The summed E-state index contributed by atoms with van der Waals surface area (Å²) < 4.78 is 0. The van der Waals surface area contributed by atoms with E-state index in [9.17, 15) is 39.0 Å². The zero-order valence-electron chi connectivity index (χ0n) is 25.8. The Labute approximate surface area is 267 Å². The second kappa shape index (κ2) is 17.6. The van der Waals surface area contributed by atoms with Gasteiger partial charge in [-0.1, -0.05) is 80.9 Å². The van der Waals surface area contributed by atoms with Crippen LogP contribution in [0.5, 0.6) is 0 Å². The third-order valence-corrected chi connectivity index (χ3v) is 7.70. The maximum absolute atomic E-state index is 13.9. The molecule has 2 aromatic carbocycles. The van der Waals surface area contributed by atoms with Crippen LogP contribution in [-0.4, -0.2) is 95.6 Å². The number of hydrogen-bond acceptors (Lipinski definition) is 8. The van der Waals surface area contributed by atoms with Crippen LogP contribution < -0.4 is 31.9 Å². The van der Waals surface area contributed by atoms with Crippen molar-refractivity contribution in [3.63, 3.8) is 0 Å². The van der Waals surface area contributed by atoms with Gasteiger partial charge in [0.1, 0.15) is 30.2 Å². The lowest BCUT2D eigenvalue weighted by molar-refractivity contribution is -0.137. The Morgan fingerprint density at radius 2 is 1.04 bits per heavy atom. The van der Waals surface area contributed by atoms with E-state index in [1.807, 2.05) is 6.92 Å². The summed E-state index contributed by atoms with van der Waals surface area (Å²) in [5.74, 6) is -5.17. The molecule has 0 spiro atoms. The Morgan fingerprint density at radius 3 is 1.52 bits per heavy atom. The fraction of sp³-hybridized carbons (Fsp3) is 0.438. The summed E-state index contributed by atoms with van der Waals surface area (Å²) in [6.07, 6.45) is 0.512. The number of amides is 6. The van der Waals surface area contributed by atoms with Gasteiger partial charge in [-0.05, 0) is 17.0 Å². The van der Waals surface area contributed by atoms with Crippen LogP contribution in [0.15, 0.2) is 60.7 Å². The Hall–Kier alpha value is -4.82. The molecule has 0 bridgehead atoms. The minimum Gasteiger partial charge on any atom is -0.394 e. The number of aliphatic hydroxyl groups is 2. The highest BCUT2D eigenvalue weighted by Crippen LogP contribution is 2.12. The van der Waals surface area contributed by atoms with E-state index in [1.165, 1.54) is 0 Å². The zero-order valence-corrected chi connectivity index (χ0v) is 25.8. The van der Waals surface area contributed by atoms with Crippen molar-refractivity contribution in [2.45, 2.75) is 63.3 Å². The predicted octanol–water partition coefficient (Wildman–Crippen LogP) is -1.94. The molecule has 0 unspecified atom stereocenters. The molecule has 6 atom stereocenters. The summed E-state index contributed by atoms with van der Waals surface area (Å²) in [5.41, 5.74) is 1.40. The van der Waals surface area contributed by atoms with Gasteiger partial charge in [-0.15, -0.1) is 0 Å². The molecule has 1 aliphatic heterocycles. The molecule has 0 radical (unpaired) electrons. The number of carbonyl (C=O) groups excluding carboxylic acids is 6. The summed E-state index contributed by atoms with van der Waals surface area (Å²) in [6.45, 7) is 1.26. The number of nitrogens with one attached hydrogen (secondary N) is 6. The van der Waals surface area contributed by atoms with Crippen molar-refractivity contribution in [1.29, 1.82) is 0 Å². The van der Waals surface area contributed by atoms with E-state index in [0.717, 1.165) is 0 Å². The lowest BCUT2D eigenvalue weighted by atomic mass is 9.96. The molecule has 1 aliphatic rings. The van der Waals surface area contributed by atoms with Crippen LogP contribution >= 0.6 is 0 Å².